The van der Waals surface area contributed by atoms with Gasteiger partial charge in [0, 0.05) is 11.3 Å². The zero-order valence-electron chi connectivity index (χ0n) is 25.2. The van der Waals surface area contributed by atoms with Crippen LogP contribution in [0.5, 0.6) is 0 Å². The molecule has 6 nitrogen and oxygen atoms in total. The molecular weight excluding hydrogens is 536 g/mol. The van der Waals surface area contributed by atoms with Gasteiger partial charge < -0.3 is 19.8 Å². The van der Waals surface area contributed by atoms with Crippen molar-refractivity contribution in [3.05, 3.63) is 147 Å². The van der Waals surface area contributed by atoms with E-state index in [0.717, 1.165) is 62.3 Å². The van der Waals surface area contributed by atoms with Crippen LogP contribution >= 0.6 is 0 Å². The van der Waals surface area contributed by atoms with Crippen LogP contribution in [-0.4, -0.2) is 23.0 Å². The molecular formula is C37H38N2O4. The van der Waals surface area contributed by atoms with Gasteiger partial charge >= 0.3 is 11.9 Å². The molecule has 0 saturated carbocycles. The fraction of sp³-hybridized carbons (Fsp3) is 0.243. The third-order valence-electron chi connectivity index (χ3n) is 8.02. The zero-order valence-corrected chi connectivity index (χ0v) is 25.2. The summed E-state index contributed by atoms with van der Waals surface area (Å²) in [5, 5.41) is 3.53. The highest BCUT2D eigenvalue weighted by Crippen LogP contribution is 2.39. The number of H-pyrrole nitrogens is 1. The van der Waals surface area contributed by atoms with Gasteiger partial charge in [-0.1, -0.05) is 105 Å². The van der Waals surface area contributed by atoms with Crippen LogP contribution in [-0.2, 0) is 33.9 Å². The first-order valence-electron chi connectivity index (χ1n) is 14.8. The van der Waals surface area contributed by atoms with E-state index in [9.17, 15) is 9.59 Å². The summed E-state index contributed by atoms with van der Waals surface area (Å²) in [6.45, 7) is 8.52. The van der Waals surface area contributed by atoms with Crippen molar-refractivity contribution < 1.29 is 19.1 Å². The molecule has 0 fully saturated rings. The number of esters is 2. The summed E-state index contributed by atoms with van der Waals surface area (Å²) >= 11 is 0. The van der Waals surface area contributed by atoms with Crippen LogP contribution in [0.25, 0.3) is 5.57 Å². The molecule has 0 bridgehead atoms. The second-order valence-corrected chi connectivity index (χ2v) is 10.7. The van der Waals surface area contributed by atoms with E-state index < -0.39 is 12.0 Å². The number of aromatic nitrogens is 1. The standard InChI is InChI=1S/C37H38N2O4/c1-5-29-24(3)32(36(40)42-22-26-16-10-7-11-17-26)38-34(29)31(28-20-14-9-15-21-28)35-30(6-2)25(4)33(39-35)37(41)43-23-27-18-12-8-13-19-27/h7-21,32,38-39H,5-6,22-23H2,1-4H3/b34-31-. The summed E-state index contributed by atoms with van der Waals surface area (Å²) < 4.78 is 11.5. The molecule has 4 aromatic rings. The SMILES string of the molecule is CCC1=C(C)C(C(=O)OCc2ccccc2)N/C1=C(/c1ccccc1)c1[nH]c(C(=O)OCc2ccccc2)c(C)c1CC. The van der Waals surface area contributed by atoms with Gasteiger partial charge in [-0.3, -0.25) is 0 Å². The first kappa shape index (κ1) is 29.6. The molecule has 5 rings (SSSR count). The van der Waals surface area contributed by atoms with Crippen molar-refractivity contribution in [3.8, 4) is 0 Å². The normalized spacial score (nSPS) is 15.7. The molecule has 1 aliphatic heterocycles. The zero-order chi connectivity index (χ0) is 30.3. The largest absolute Gasteiger partial charge is 0.459 e. The Morgan fingerprint density at radius 1 is 0.721 bits per heavy atom. The monoisotopic (exact) mass is 574 g/mol. The Labute approximate surface area is 253 Å². The molecule has 0 saturated heterocycles. The number of rotatable bonds is 10. The van der Waals surface area contributed by atoms with E-state index in [4.69, 9.17) is 9.47 Å². The Balaban J connectivity index is 1.54. The number of benzene rings is 3. The van der Waals surface area contributed by atoms with Crippen molar-refractivity contribution in [3.63, 3.8) is 0 Å². The third-order valence-corrected chi connectivity index (χ3v) is 8.02. The van der Waals surface area contributed by atoms with Crippen LogP contribution in [0.2, 0.25) is 0 Å². The molecule has 3 aromatic carbocycles. The highest BCUT2D eigenvalue weighted by molar-refractivity contribution is 5.94. The first-order chi connectivity index (χ1) is 20.9. The molecule has 0 aliphatic carbocycles. The van der Waals surface area contributed by atoms with Crippen molar-refractivity contribution in [2.75, 3.05) is 0 Å². The van der Waals surface area contributed by atoms with E-state index in [1.54, 1.807) is 0 Å². The van der Waals surface area contributed by atoms with Crippen LogP contribution in [0, 0.1) is 6.92 Å². The van der Waals surface area contributed by atoms with Crippen molar-refractivity contribution in [1.29, 1.82) is 0 Å². The molecule has 220 valence electrons. The Hall–Kier alpha value is -4.84. The predicted molar refractivity (Wildman–Crippen MR) is 169 cm³/mol. The highest BCUT2D eigenvalue weighted by atomic mass is 16.5. The van der Waals surface area contributed by atoms with Crippen LogP contribution in [0.4, 0.5) is 0 Å². The molecule has 2 N–H and O–H groups in total. The summed E-state index contributed by atoms with van der Waals surface area (Å²) in [4.78, 5) is 30.2. The number of carbonyl (C=O) groups excluding carboxylic acids is 2. The molecule has 2 heterocycles. The van der Waals surface area contributed by atoms with Crippen molar-refractivity contribution in [2.24, 2.45) is 0 Å². The quantitative estimate of drug-likeness (QED) is 0.192. The van der Waals surface area contributed by atoms with Gasteiger partial charge in [-0.2, -0.15) is 0 Å². The molecule has 43 heavy (non-hydrogen) atoms. The Kier molecular flexibility index (Phi) is 9.26. The highest BCUT2D eigenvalue weighted by Gasteiger charge is 2.35. The predicted octanol–water partition coefficient (Wildman–Crippen LogP) is 7.44. The number of hydrogen-bond donors (Lipinski definition) is 2. The molecule has 0 amide bonds. The molecule has 1 atom stereocenters. The Morgan fingerprint density at radius 3 is 1.84 bits per heavy atom. The van der Waals surface area contributed by atoms with Crippen LogP contribution in [0.3, 0.4) is 0 Å². The number of ether oxygens (including phenoxy) is 2. The Bertz CT molecular complexity index is 1650. The lowest BCUT2D eigenvalue weighted by molar-refractivity contribution is -0.146. The average Bonchev–Trinajstić information content (AvgIpc) is 3.55. The maximum atomic E-state index is 13.4. The maximum Gasteiger partial charge on any atom is 0.355 e. The second kappa shape index (κ2) is 13.4. The number of nitrogens with one attached hydrogen (secondary N) is 2. The summed E-state index contributed by atoms with van der Waals surface area (Å²) in [6.07, 6.45) is 1.43. The van der Waals surface area contributed by atoms with E-state index in [1.165, 1.54) is 0 Å². The molecule has 6 heteroatoms. The number of carbonyl (C=O) groups is 2. The molecule has 1 aromatic heterocycles. The van der Waals surface area contributed by atoms with Crippen molar-refractivity contribution >= 4 is 17.5 Å². The molecule has 0 radical (unpaired) electrons. The van der Waals surface area contributed by atoms with E-state index in [2.05, 4.69) is 36.3 Å². The van der Waals surface area contributed by atoms with Gasteiger partial charge in [-0.25, -0.2) is 9.59 Å². The Morgan fingerprint density at radius 2 is 1.28 bits per heavy atom. The third kappa shape index (κ3) is 6.33. The minimum Gasteiger partial charge on any atom is -0.459 e. The van der Waals surface area contributed by atoms with E-state index in [0.29, 0.717) is 12.1 Å². The van der Waals surface area contributed by atoms with Crippen molar-refractivity contribution in [1.82, 2.24) is 10.3 Å². The van der Waals surface area contributed by atoms with Gasteiger partial charge in [-0.05, 0) is 65.7 Å². The summed E-state index contributed by atoms with van der Waals surface area (Å²) in [5.41, 5.74) is 9.79. The summed E-state index contributed by atoms with van der Waals surface area (Å²) in [5.74, 6) is -0.720. The van der Waals surface area contributed by atoms with Gasteiger partial charge in [0.25, 0.3) is 0 Å². The van der Waals surface area contributed by atoms with Crippen molar-refractivity contribution in [2.45, 2.75) is 59.8 Å². The van der Waals surface area contributed by atoms with Crippen LogP contribution in [0.1, 0.15) is 71.2 Å². The fourth-order valence-corrected chi connectivity index (χ4v) is 5.74. The summed E-state index contributed by atoms with van der Waals surface area (Å²) in [6, 6.07) is 28.8. The molecule has 1 aliphatic rings. The van der Waals surface area contributed by atoms with E-state index >= 15 is 0 Å². The van der Waals surface area contributed by atoms with Gasteiger partial charge in [0.15, 0.2) is 0 Å². The fourth-order valence-electron chi connectivity index (χ4n) is 5.74. The lowest BCUT2D eigenvalue weighted by atomic mass is 9.92. The minimum absolute atomic E-state index is 0.192. The van der Waals surface area contributed by atoms with Crippen LogP contribution in [0.15, 0.2) is 108 Å². The number of allylic oxidation sites excluding steroid dienone is 1. The summed E-state index contributed by atoms with van der Waals surface area (Å²) in [7, 11) is 0. The lowest BCUT2D eigenvalue weighted by Gasteiger charge is -2.18. The first-order valence-corrected chi connectivity index (χ1v) is 14.8. The van der Waals surface area contributed by atoms with Crippen LogP contribution < -0.4 is 5.32 Å². The molecule has 1 unspecified atom stereocenters. The number of hydrogen-bond acceptors (Lipinski definition) is 5. The van der Waals surface area contributed by atoms with Gasteiger partial charge in [0.2, 0.25) is 0 Å². The maximum absolute atomic E-state index is 13.4. The number of aromatic amines is 1. The van der Waals surface area contributed by atoms with Gasteiger partial charge in [-0.15, -0.1) is 0 Å². The smallest absolute Gasteiger partial charge is 0.355 e. The topological polar surface area (TPSA) is 80.4 Å². The van der Waals surface area contributed by atoms with Gasteiger partial charge in [0.05, 0.1) is 5.69 Å². The molecule has 0 spiro atoms. The average molecular weight is 575 g/mol. The van der Waals surface area contributed by atoms with Gasteiger partial charge in [0.1, 0.15) is 24.9 Å². The lowest BCUT2D eigenvalue weighted by Crippen LogP contribution is -2.34. The minimum atomic E-state index is -0.608. The second-order valence-electron chi connectivity index (χ2n) is 10.7. The van der Waals surface area contributed by atoms with E-state index in [1.807, 2.05) is 92.7 Å². The van der Waals surface area contributed by atoms with E-state index in [-0.39, 0.29) is 19.2 Å².